The molecule has 0 fully saturated rings. The third-order valence-electron chi connectivity index (χ3n) is 6.64. The van der Waals surface area contributed by atoms with Gasteiger partial charge in [-0.25, -0.2) is 9.97 Å². The minimum Gasteiger partial charge on any atom is -0.438 e. The second kappa shape index (κ2) is 10.1. The van der Waals surface area contributed by atoms with Crippen LogP contribution in [0.5, 0.6) is 11.6 Å². The molecule has 7 nitrogen and oxygen atoms in total. The van der Waals surface area contributed by atoms with Crippen LogP contribution < -0.4 is 10.1 Å². The molecule has 0 saturated heterocycles. The lowest BCUT2D eigenvalue weighted by Gasteiger charge is -2.13. The molecule has 0 spiro atoms. The third-order valence-corrected chi connectivity index (χ3v) is 6.87. The molecule has 0 unspecified atom stereocenters. The Morgan fingerprint density at radius 1 is 0.700 bits per heavy atom. The van der Waals surface area contributed by atoms with Gasteiger partial charge in [-0.1, -0.05) is 48.0 Å². The SMILES string of the molecule is Clc1cccc(-c2nnc(Nc3ccc(Oc4ncccc4-c4ccnc5[nH]ccc45)cc3)c3ccccc23)c1. The lowest BCUT2D eigenvalue weighted by molar-refractivity contribution is 0.465. The Balaban J connectivity index is 1.16. The van der Waals surface area contributed by atoms with Gasteiger partial charge < -0.3 is 15.0 Å². The van der Waals surface area contributed by atoms with Crippen molar-refractivity contribution in [2.45, 2.75) is 0 Å². The van der Waals surface area contributed by atoms with E-state index in [4.69, 9.17) is 16.3 Å². The van der Waals surface area contributed by atoms with Gasteiger partial charge in [0, 0.05) is 56.6 Å². The molecule has 4 heterocycles. The molecule has 0 bridgehead atoms. The van der Waals surface area contributed by atoms with Crippen LogP contribution in [0.3, 0.4) is 0 Å². The highest BCUT2D eigenvalue weighted by Crippen LogP contribution is 2.36. The average molecular weight is 541 g/mol. The van der Waals surface area contributed by atoms with Gasteiger partial charge in [0.1, 0.15) is 17.1 Å². The maximum Gasteiger partial charge on any atom is 0.227 e. The molecule has 7 aromatic rings. The van der Waals surface area contributed by atoms with Crippen LogP contribution >= 0.6 is 11.6 Å². The van der Waals surface area contributed by atoms with Gasteiger partial charge in [-0.05, 0) is 66.2 Å². The fourth-order valence-corrected chi connectivity index (χ4v) is 4.96. The molecule has 0 radical (unpaired) electrons. The molecule has 192 valence electrons. The Labute approximate surface area is 234 Å². The van der Waals surface area contributed by atoms with Crippen molar-refractivity contribution in [1.82, 2.24) is 25.1 Å². The van der Waals surface area contributed by atoms with Crippen molar-refractivity contribution in [3.05, 3.63) is 121 Å². The van der Waals surface area contributed by atoms with Crippen LogP contribution in [-0.2, 0) is 0 Å². The van der Waals surface area contributed by atoms with E-state index in [-0.39, 0.29) is 0 Å². The quantitative estimate of drug-likeness (QED) is 0.220. The molecule has 8 heteroatoms. The van der Waals surface area contributed by atoms with Crippen LogP contribution in [0.2, 0.25) is 5.02 Å². The van der Waals surface area contributed by atoms with E-state index in [1.807, 2.05) is 103 Å². The molecular weight excluding hydrogens is 520 g/mol. The Hall–Kier alpha value is -5.27. The van der Waals surface area contributed by atoms with E-state index in [9.17, 15) is 0 Å². The van der Waals surface area contributed by atoms with Gasteiger partial charge in [-0.15, -0.1) is 10.2 Å². The second-order valence-electron chi connectivity index (χ2n) is 9.16. The summed E-state index contributed by atoms with van der Waals surface area (Å²) < 4.78 is 6.23. The maximum atomic E-state index is 6.23. The number of nitrogens with one attached hydrogen (secondary N) is 2. The van der Waals surface area contributed by atoms with Crippen molar-refractivity contribution in [2.75, 3.05) is 5.32 Å². The number of pyridine rings is 2. The average Bonchev–Trinajstić information content (AvgIpc) is 3.48. The van der Waals surface area contributed by atoms with Crippen molar-refractivity contribution in [3.63, 3.8) is 0 Å². The first-order valence-corrected chi connectivity index (χ1v) is 13.0. The van der Waals surface area contributed by atoms with Crippen LogP contribution in [0.25, 0.3) is 44.2 Å². The highest BCUT2D eigenvalue weighted by Gasteiger charge is 2.14. The fraction of sp³-hybridized carbons (Fsp3) is 0. The van der Waals surface area contributed by atoms with Gasteiger partial charge in [-0.3, -0.25) is 0 Å². The molecule has 40 heavy (non-hydrogen) atoms. The van der Waals surface area contributed by atoms with Gasteiger partial charge in [0.2, 0.25) is 5.88 Å². The molecule has 3 aromatic carbocycles. The zero-order valence-corrected chi connectivity index (χ0v) is 21.8. The summed E-state index contributed by atoms with van der Waals surface area (Å²) in [6.45, 7) is 0. The molecule has 7 rings (SSSR count). The van der Waals surface area contributed by atoms with Crippen molar-refractivity contribution in [1.29, 1.82) is 0 Å². The van der Waals surface area contributed by atoms with Crippen LogP contribution in [0, 0.1) is 0 Å². The van der Waals surface area contributed by atoms with Gasteiger partial charge >= 0.3 is 0 Å². The molecule has 0 aliphatic rings. The van der Waals surface area contributed by atoms with Crippen molar-refractivity contribution in [2.24, 2.45) is 0 Å². The predicted molar refractivity (Wildman–Crippen MR) is 159 cm³/mol. The number of fused-ring (bicyclic) bond motifs is 2. The van der Waals surface area contributed by atoms with Crippen LogP contribution in [-0.4, -0.2) is 25.1 Å². The van der Waals surface area contributed by atoms with E-state index in [0.717, 1.165) is 49.9 Å². The summed E-state index contributed by atoms with van der Waals surface area (Å²) >= 11 is 6.23. The van der Waals surface area contributed by atoms with Gasteiger partial charge in [0.25, 0.3) is 0 Å². The van der Waals surface area contributed by atoms with Crippen LogP contribution in [0.1, 0.15) is 0 Å². The van der Waals surface area contributed by atoms with E-state index in [1.54, 1.807) is 12.4 Å². The fourth-order valence-electron chi connectivity index (χ4n) is 4.77. The number of benzene rings is 3. The summed E-state index contributed by atoms with van der Waals surface area (Å²) in [4.78, 5) is 12.1. The van der Waals surface area contributed by atoms with E-state index in [1.165, 1.54) is 0 Å². The minimum atomic E-state index is 0.519. The summed E-state index contributed by atoms with van der Waals surface area (Å²) in [7, 11) is 0. The van der Waals surface area contributed by atoms with Crippen molar-refractivity contribution >= 4 is 44.9 Å². The molecule has 4 aromatic heterocycles. The maximum absolute atomic E-state index is 6.23. The summed E-state index contributed by atoms with van der Waals surface area (Å²) in [6.07, 6.45) is 5.38. The number of nitrogens with zero attached hydrogens (tertiary/aromatic N) is 4. The zero-order valence-electron chi connectivity index (χ0n) is 21.0. The Bertz CT molecular complexity index is 1990. The first-order chi connectivity index (χ1) is 19.7. The molecule has 0 aliphatic heterocycles. The first-order valence-electron chi connectivity index (χ1n) is 12.7. The molecule has 0 saturated carbocycles. The number of anilines is 2. The normalized spacial score (nSPS) is 11.1. The number of hydrogen-bond donors (Lipinski definition) is 2. The molecule has 0 aliphatic carbocycles. The van der Waals surface area contributed by atoms with E-state index in [2.05, 4.69) is 30.5 Å². The summed E-state index contributed by atoms with van der Waals surface area (Å²) in [5.41, 5.74) is 5.26. The zero-order chi connectivity index (χ0) is 26.9. The number of aromatic nitrogens is 5. The largest absolute Gasteiger partial charge is 0.438 e. The number of ether oxygens (including phenoxy) is 1. The van der Waals surface area contributed by atoms with Crippen LogP contribution in [0.15, 0.2) is 116 Å². The Morgan fingerprint density at radius 2 is 1.57 bits per heavy atom. The number of hydrogen-bond acceptors (Lipinski definition) is 6. The standard InChI is InChI=1S/C32H21ClN6O/c33-21-6-3-5-20(19-21)29-25-7-1-2-8-26(25)31(39-38-29)37-22-10-12-23(13-11-22)40-32-28(9-4-16-36-32)24-14-17-34-30-27(24)15-18-35-30/h1-19H,(H,34,35)(H,37,39). The molecule has 0 amide bonds. The highest BCUT2D eigenvalue weighted by molar-refractivity contribution is 6.30. The van der Waals surface area contributed by atoms with E-state index < -0.39 is 0 Å². The third kappa shape index (κ3) is 4.48. The van der Waals surface area contributed by atoms with E-state index >= 15 is 0 Å². The van der Waals surface area contributed by atoms with Crippen molar-refractivity contribution < 1.29 is 4.74 Å². The van der Waals surface area contributed by atoms with Crippen molar-refractivity contribution in [3.8, 4) is 34.0 Å². The smallest absolute Gasteiger partial charge is 0.227 e. The topological polar surface area (TPSA) is 88.6 Å². The Kier molecular flexibility index (Phi) is 6.03. The number of H-pyrrole nitrogens is 1. The minimum absolute atomic E-state index is 0.519. The summed E-state index contributed by atoms with van der Waals surface area (Å²) in [6, 6.07) is 31.2. The molecule has 2 N–H and O–H groups in total. The monoisotopic (exact) mass is 540 g/mol. The number of halogens is 1. The number of aromatic amines is 1. The van der Waals surface area contributed by atoms with E-state index in [0.29, 0.717) is 22.5 Å². The lowest BCUT2D eigenvalue weighted by atomic mass is 10.0. The number of rotatable bonds is 6. The molecular formula is C32H21ClN6O. The summed E-state index contributed by atoms with van der Waals surface area (Å²) in [5.74, 6) is 1.85. The predicted octanol–water partition coefficient (Wildman–Crippen LogP) is 8.42. The lowest BCUT2D eigenvalue weighted by Crippen LogP contribution is -1.99. The van der Waals surface area contributed by atoms with Gasteiger partial charge in [0.15, 0.2) is 5.82 Å². The van der Waals surface area contributed by atoms with Gasteiger partial charge in [0.05, 0.1) is 0 Å². The van der Waals surface area contributed by atoms with Crippen LogP contribution in [0.4, 0.5) is 11.5 Å². The summed E-state index contributed by atoms with van der Waals surface area (Å²) in [5, 5.41) is 16.1. The first kappa shape index (κ1) is 23.8. The highest BCUT2D eigenvalue weighted by atomic mass is 35.5. The van der Waals surface area contributed by atoms with Gasteiger partial charge in [-0.2, -0.15) is 0 Å². The molecule has 0 atom stereocenters. The second-order valence-corrected chi connectivity index (χ2v) is 9.60. The Morgan fingerprint density at radius 3 is 2.45 bits per heavy atom.